The van der Waals surface area contributed by atoms with Gasteiger partial charge >= 0.3 is 0 Å². The molecule has 0 unspecified atom stereocenters. The van der Waals surface area contributed by atoms with Crippen LogP contribution in [0.15, 0.2) is 45.5 Å². The third-order valence-corrected chi connectivity index (χ3v) is 2.42. The van der Waals surface area contributed by atoms with Crippen molar-refractivity contribution < 1.29 is 9.15 Å². The van der Waals surface area contributed by atoms with Crippen molar-refractivity contribution in [2.75, 3.05) is 5.73 Å². The van der Waals surface area contributed by atoms with Gasteiger partial charge in [-0.15, -0.1) is 0 Å². The van der Waals surface area contributed by atoms with Crippen molar-refractivity contribution in [3.63, 3.8) is 0 Å². The minimum atomic E-state index is 0.383. The molecule has 1 heterocycles. The maximum atomic E-state index is 5.75. The van der Waals surface area contributed by atoms with Gasteiger partial charge in [0.15, 0.2) is 0 Å². The van der Waals surface area contributed by atoms with Gasteiger partial charge in [-0.25, -0.2) is 0 Å². The second-order valence-electron chi connectivity index (χ2n) is 3.05. The molecule has 0 bridgehead atoms. The molecule has 1 aromatic heterocycles. The van der Waals surface area contributed by atoms with Crippen LogP contribution in [-0.4, -0.2) is 0 Å². The van der Waals surface area contributed by atoms with Crippen LogP contribution < -0.4 is 10.5 Å². The fourth-order valence-corrected chi connectivity index (χ4v) is 1.52. The molecule has 78 valence electrons. The van der Waals surface area contributed by atoms with Crippen molar-refractivity contribution >= 4 is 21.6 Å². The minimum absolute atomic E-state index is 0.383. The molecule has 2 aromatic rings. The number of ether oxygens (including phenoxy) is 1. The molecule has 3 nitrogen and oxygen atoms in total. The van der Waals surface area contributed by atoms with Crippen molar-refractivity contribution in [3.05, 3.63) is 46.8 Å². The van der Waals surface area contributed by atoms with Gasteiger partial charge in [0.1, 0.15) is 18.1 Å². The number of rotatable bonds is 3. The molecule has 0 atom stereocenters. The van der Waals surface area contributed by atoms with Crippen LogP contribution in [0.4, 0.5) is 5.69 Å². The molecule has 0 aliphatic carbocycles. The second-order valence-corrected chi connectivity index (χ2v) is 3.97. The lowest BCUT2D eigenvalue weighted by Crippen LogP contribution is -1.97. The Morgan fingerprint density at radius 2 is 2.20 bits per heavy atom. The number of benzene rings is 1. The van der Waals surface area contributed by atoms with Crippen LogP contribution in [0.5, 0.6) is 5.75 Å². The van der Waals surface area contributed by atoms with E-state index in [0.717, 1.165) is 10.2 Å². The maximum Gasteiger partial charge on any atom is 0.146 e. The summed E-state index contributed by atoms with van der Waals surface area (Å²) in [5, 5.41) is 0. The highest BCUT2D eigenvalue weighted by Gasteiger charge is 2.02. The molecule has 0 radical (unpaired) electrons. The highest BCUT2D eigenvalue weighted by Crippen LogP contribution is 2.26. The van der Waals surface area contributed by atoms with Gasteiger partial charge in [0, 0.05) is 4.47 Å². The Balaban J connectivity index is 2.07. The van der Waals surface area contributed by atoms with E-state index in [0.29, 0.717) is 18.0 Å². The van der Waals surface area contributed by atoms with E-state index in [2.05, 4.69) is 15.9 Å². The van der Waals surface area contributed by atoms with Gasteiger partial charge in [0.25, 0.3) is 0 Å². The standard InChI is InChI=1S/C11H10BrNO2/c12-8-3-4-10(13)11(6-8)15-7-9-2-1-5-14-9/h1-6H,7,13H2. The van der Waals surface area contributed by atoms with E-state index < -0.39 is 0 Å². The van der Waals surface area contributed by atoms with Gasteiger partial charge in [-0.1, -0.05) is 15.9 Å². The molecule has 0 saturated carbocycles. The molecule has 0 amide bonds. The molecule has 1 aromatic carbocycles. The van der Waals surface area contributed by atoms with Crippen LogP contribution in [0.2, 0.25) is 0 Å². The van der Waals surface area contributed by atoms with Crippen molar-refractivity contribution in [1.82, 2.24) is 0 Å². The topological polar surface area (TPSA) is 48.4 Å². The van der Waals surface area contributed by atoms with Gasteiger partial charge in [-0.2, -0.15) is 0 Å². The zero-order chi connectivity index (χ0) is 10.7. The predicted molar refractivity (Wildman–Crippen MR) is 61.6 cm³/mol. The van der Waals surface area contributed by atoms with E-state index in [-0.39, 0.29) is 0 Å². The Bertz CT molecular complexity index is 440. The smallest absolute Gasteiger partial charge is 0.146 e. The lowest BCUT2D eigenvalue weighted by molar-refractivity contribution is 0.271. The Morgan fingerprint density at radius 3 is 2.93 bits per heavy atom. The summed E-state index contributed by atoms with van der Waals surface area (Å²) >= 11 is 3.36. The Morgan fingerprint density at radius 1 is 1.33 bits per heavy atom. The van der Waals surface area contributed by atoms with E-state index in [1.807, 2.05) is 24.3 Å². The lowest BCUT2D eigenvalue weighted by atomic mass is 10.3. The number of anilines is 1. The predicted octanol–water partition coefficient (Wildman–Crippen LogP) is 3.20. The molecule has 4 heteroatoms. The molecule has 0 aliphatic heterocycles. The van der Waals surface area contributed by atoms with Crippen LogP contribution in [0.3, 0.4) is 0 Å². The summed E-state index contributed by atoms with van der Waals surface area (Å²) in [6.45, 7) is 0.383. The lowest BCUT2D eigenvalue weighted by Gasteiger charge is -2.07. The van der Waals surface area contributed by atoms with E-state index in [1.165, 1.54) is 0 Å². The highest BCUT2D eigenvalue weighted by molar-refractivity contribution is 9.10. The normalized spacial score (nSPS) is 10.2. The van der Waals surface area contributed by atoms with Gasteiger partial charge in [-0.05, 0) is 30.3 Å². The average Bonchev–Trinajstić information content (AvgIpc) is 2.72. The van der Waals surface area contributed by atoms with Gasteiger partial charge in [-0.3, -0.25) is 0 Å². The third-order valence-electron chi connectivity index (χ3n) is 1.93. The van der Waals surface area contributed by atoms with Crippen molar-refractivity contribution in [2.24, 2.45) is 0 Å². The summed E-state index contributed by atoms with van der Waals surface area (Å²) in [6, 6.07) is 9.17. The first kappa shape index (κ1) is 10.1. The first-order valence-electron chi connectivity index (χ1n) is 4.46. The zero-order valence-corrected chi connectivity index (χ0v) is 9.53. The van der Waals surface area contributed by atoms with Crippen LogP contribution in [0.25, 0.3) is 0 Å². The summed E-state index contributed by atoms with van der Waals surface area (Å²) in [4.78, 5) is 0. The minimum Gasteiger partial charge on any atom is -0.483 e. The number of hydrogen-bond acceptors (Lipinski definition) is 3. The molecular weight excluding hydrogens is 258 g/mol. The van der Waals surface area contributed by atoms with Gasteiger partial charge in [0.2, 0.25) is 0 Å². The first-order chi connectivity index (χ1) is 7.25. The second kappa shape index (κ2) is 4.40. The molecule has 15 heavy (non-hydrogen) atoms. The molecule has 0 spiro atoms. The van der Waals surface area contributed by atoms with Crippen LogP contribution in [0, 0.1) is 0 Å². The number of halogens is 1. The Kier molecular flexibility index (Phi) is 2.97. The zero-order valence-electron chi connectivity index (χ0n) is 7.94. The van der Waals surface area contributed by atoms with Crippen molar-refractivity contribution in [2.45, 2.75) is 6.61 Å². The molecule has 0 aliphatic rings. The van der Waals surface area contributed by atoms with Crippen molar-refractivity contribution in [1.29, 1.82) is 0 Å². The Labute approximate surface area is 96.0 Å². The molecular formula is C11H10BrNO2. The van der Waals surface area contributed by atoms with E-state index in [4.69, 9.17) is 14.9 Å². The summed E-state index contributed by atoms with van der Waals surface area (Å²) in [7, 11) is 0. The van der Waals surface area contributed by atoms with E-state index in [1.54, 1.807) is 12.3 Å². The van der Waals surface area contributed by atoms with Crippen LogP contribution >= 0.6 is 15.9 Å². The van der Waals surface area contributed by atoms with Crippen LogP contribution in [0.1, 0.15) is 5.76 Å². The summed E-state index contributed by atoms with van der Waals surface area (Å²) in [5.41, 5.74) is 6.37. The number of furan rings is 1. The van der Waals surface area contributed by atoms with Crippen LogP contribution in [-0.2, 0) is 6.61 Å². The number of nitrogens with two attached hydrogens (primary N) is 1. The number of nitrogen functional groups attached to an aromatic ring is 1. The van der Waals surface area contributed by atoms with E-state index >= 15 is 0 Å². The Hall–Kier alpha value is -1.42. The third kappa shape index (κ3) is 2.53. The summed E-state index contributed by atoms with van der Waals surface area (Å²) in [5.74, 6) is 1.43. The first-order valence-corrected chi connectivity index (χ1v) is 5.25. The summed E-state index contributed by atoms with van der Waals surface area (Å²) < 4.78 is 11.6. The molecule has 0 saturated heterocycles. The molecule has 2 rings (SSSR count). The SMILES string of the molecule is Nc1ccc(Br)cc1OCc1ccco1. The quantitative estimate of drug-likeness (QED) is 0.869. The maximum absolute atomic E-state index is 5.75. The molecule has 2 N–H and O–H groups in total. The summed E-state index contributed by atoms with van der Waals surface area (Å²) in [6.07, 6.45) is 1.61. The largest absolute Gasteiger partial charge is 0.483 e. The highest BCUT2D eigenvalue weighted by atomic mass is 79.9. The average molecular weight is 268 g/mol. The molecule has 0 fully saturated rings. The monoisotopic (exact) mass is 267 g/mol. The fourth-order valence-electron chi connectivity index (χ4n) is 1.18. The van der Waals surface area contributed by atoms with Gasteiger partial charge in [0.05, 0.1) is 12.0 Å². The fraction of sp³-hybridized carbons (Fsp3) is 0.0909. The van der Waals surface area contributed by atoms with Gasteiger partial charge < -0.3 is 14.9 Å². The van der Waals surface area contributed by atoms with E-state index in [9.17, 15) is 0 Å². The van der Waals surface area contributed by atoms with Crippen molar-refractivity contribution in [3.8, 4) is 5.75 Å². The number of hydrogen-bond donors (Lipinski definition) is 1.